The fourth-order valence-corrected chi connectivity index (χ4v) is 3.03. The van der Waals surface area contributed by atoms with Crippen LogP contribution >= 0.6 is 0 Å². The topological polar surface area (TPSA) is 124 Å². The Bertz CT molecular complexity index is 596. The van der Waals surface area contributed by atoms with Gasteiger partial charge in [-0.05, 0) is 38.5 Å². The number of aliphatic hydroxyl groups excluding tert-OH is 1. The van der Waals surface area contributed by atoms with Gasteiger partial charge in [-0.15, -0.1) is 0 Å². The van der Waals surface area contributed by atoms with Crippen LogP contribution in [0.4, 0.5) is 0 Å². The third-order valence-electron chi connectivity index (χ3n) is 2.56. The zero-order valence-corrected chi connectivity index (χ0v) is 11.9. The Morgan fingerprint density at radius 2 is 1.95 bits per heavy atom. The van der Waals surface area contributed by atoms with E-state index in [0.717, 1.165) is 18.2 Å². The molecule has 0 bridgehead atoms. The molecule has 0 aliphatic carbocycles. The average molecular weight is 303 g/mol. The SMILES string of the molecule is CC(O)CC(C)NS(=O)(=O)c1ccc(O)c(C(=O)O)c1. The number of sulfonamides is 1. The van der Waals surface area contributed by atoms with Gasteiger partial charge in [-0.1, -0.05) is 0 Å². The number of rotatable bonds is 6. The highest BCUT2D eigenvalue weighted by Crippen LogP contribution is 2.21. The molecule has 0 spiro atoms. The van der Waals surface area contributed by atoms with E-state index < -0.39 is 39.5 Å². The molecule has 7 nitrogen and oxygen atoms in total. The Morgan fingerprint density at radius 1 is 1.35 bits per heavy atom. The molecule has 0 amide bonds. The van der Waals surface area contributed by atoms with E-state index in [4.69, 9.17) is 5.11 Å². The highest BCUT2D eigenvalue weighted by molar-refractivity contribution is 7.89. The highest BCUT2D eigenvalue weighted by Gasteiger charge is 2.21. The van der Waals surface area contributed by atoms with Crippen LogP contribution in [0.2, 0.25) is 0 Å². The second-order valence-electron chi connectivity index (χ2n) is 4.59. The molecular formula is C12H17NO6S. The molecule has 4 N–H and O–H groups in total. The van der Waals surface area contributed by atoms with Crippen molar-refractivity contribution in [2.24, 2.45) is 0 Å². The van der Waals surface area contributed by atoms with E-state index in [0.29, 0.717) is 0 Å². The van der Waals surface area contributed by atoms with Gasteiger partial charge in [0.25, 0.3) is 0 Å². The smallest absolute Gasteiger partial charge is 0.339 e. The fraction of sp³-hybridized carbons (Fsp3) is 0.417. The Hall–Kier alpha value is -1.64. The van der Waals surface area contributed by atoms with Crippen LogP contribution in [-0.2, 0) is 10.0 Å². The van der Waals surface area contributed by atoms with Gasteiger partial charge in [-0.3, -0.25) is 0 Å². The molecule has 1 aromatic carbocycles. The third-order valence-corrected chi connectivity index (χ3v) is 4.15. The molecule has 0 fully saturated rings. The average Bonchev–Trinajstić information content (AvgIpc) is 2.26. The van der Waals surface area contributed by atoms with Crippen LogP contribution in [-0.4, -0.2) is 41.9 Å². The molecule has 1 aromatic rings. The van der Waals surface area contributed by atoms with E-state index in [-0.39, 0.29) is 11.3 Å². The first-order valence-corrected chi connectivity index (χ1v) is 7.38. The first-order chi connectivity index (χ1) is 9.13. The van der Waals surface area contributed by atoms with Crippen molar-refractivity contribution in [1.82, 2.24) is 4.72 Å². The van der Waals surface area contributed by atoms with Crippen molar-refractivity contribution >= 4 is 16.0 Å². The molecule has 0 radical (unpaired) electrons. The largest absolute Gasteiger partial charge is 0.507 e. The number of aliphatic hydroxyl groups is 1. The van der Waals surface area contributed by atoms with Crippen LogP contribution in [0.5, 0.6) is 5.75 Å². The van der Waals surface area contributed by atoms with Gasteiger partial charge in [0, 0.05) is 6.04 Å². The minimum atomic E-state index is -3.91. The van der Waals surface area contributed by atoms with Gasteiger partial charge in [0.2, 0.25) is 10.0 Å². The van der Waals surface area contributed by atoms with Crippen LogP contribution in [0, 0.1) is 0 Å². The van der Waals surface area contributed by atoms with Crippen LogP contribution in [0.15, 0.2) is 23.1 Å². The van der Waals surface area contributed by atoms with Gasteiger partial charge < -0.3 is 15.3 Å². The zero-order valence-electron chi connectivity index (χ0n) is 11.1. The number of carboxylic acid groups (broad SMARTS) is 1. The van der Waals surface area contributed by atoms with Crippen molar-refractivity contribution < 1.29 is 28.5 Å². The molecule has 0 saturated carbocycles. The number of phenols is 1. The Balaban J connectivity index is 3.04. The van der Waals surface area contributed by atoms with E-state index in [1.165, 1.54) is 6.92 Å². The van der Waals surface area contributed by atoms with Crippen molar-refractivity contribution in [2.45, 2.75) is 37.3 Å². The molecule has 112 valence electrons. The van der Waals surface area contributed by atoms with Gasteiger partial charge in [0.15, 0.2) is 0 Å². The summed E-state index contributed by atoms with van der Waals surface area (Å²) in [4.78, 5) is 10.6. The lowest BCUT2D eigenvalue weighted by atomic mass is 10.2. The number of hydrogen-bond donors (Lipinski definition) is 4. The number of benzene rings is 1. The summed E-state index contributed by atoms with van der Waals surface area (Å²) in [7, 11) is -3.91. The maximum absolute atomic E-state index is 12.0. The molecule has 2 atom stereocenters. The summed E-state index contributed by atoms with van der Waals surface area (Å²) in [6.07, 6.45) is -0.439. The molecule has 1 rings (SSSR count). The van der Waals surface area contributed by atoms with Gasteiger partial charge in [0.1, 0.15) is 11.3 Å². The molecule has 0 aromatic heterocycles. The molecule has 2 unspecified atom stereocenters. The first-order valence-electron chi connectivity index (χ1n) is 5.90. The van der Waals surface area contributed by atoms with Gasteiger partial charge >= 0.3 is 5.97 Å². The highest BCUT2D eigenvalue weighted by atomic mass is 32.2. The lowest BCUT2D eigenvalue weighted by molar-refractivity contribution is 0.0693. The Kier molecular flexibility index (Phi) is 5.09. The van der Waals surface area contributed by atoms with Crippen LogP contribution in [0.25, 0.3) is 0 Å². The predicted octanol–water partition coefficient (Wildman–Crippen LogP) is 0.528. The number of carbonyl (C=O) groups is 1. The number of hydrogen-bond acceptors (Lipinski definition) is 5. The molecule has 0 saturated heterocycles. The summed E-state index contributed by atoms with van der Waals surface area (Å²) in [5, 5.41) is 27.4. The van der Waals surface area contributed by atoms with Crippen LogP contribution in [0.3, 0.4) is 0 Å². The summed E-state index contributed by atoms with van der Waals surface area (Å²) >= 11 is 0. The second-order valence-corrected chi connectivity index (χ2v) is 6.31. The summed E-state index contributed by atoms with van der Waals surface area (Å²) in [5.74, 6) is -1.93. The first kappa shape index (κ1) is 16.4. The lowest BCUT2D eigenvalue weighted by Crippen LogP contribution is -2.34. The van der Waals surface area contributed by atoms with Crippen molar-refractivity contribution in [2.75, 3.05) is 0 Å². The maximum Gasteiger partial charge on any atom is 0.339 e. The fourth-order valence-electron chi connectivity index (χ4n) is 1.75. The Labute approximate surface area is 116 Å². The molecule has 0 aliphatic heterocycles. The van der Waals surface area contributed by atoms with E-state index >= 15 is 0 Å². The lowest BCUT2D eigenvalue weighted by Gasteiger charge is -2.16. The minimum absolute atomic E-state index is 0.225. The second kappa shape index (κ2) is 6.21. The number of aromatic hydroxyl groups is 1. The van der Waals surface area contributed by atoms with Crippen molar-refractivity contribution in [3.05, 3.63) is 23.8 Å². The summed E-state index contributed by atoms with van der Waals surface area (Å²) in [6, 6.07) is 2.49. The third kappa shape index (κ3) is 4.19. The maximum atomic E-state index is 12.0. The van der Waals surface area contributed by atoms with Crippen molar-refractivity contribution in [3.63, 3.8) is 0 Å². The predicted molar refractivity (Wildman–Crippen MR) is 71.1 cm³/mol. The monoisotopic (exact) mass is 303 g/mol. The van der Waals surface area contributed by atoms with E-state index in [1.54, 1.807) is 6.92 Å². The summed E-state index contributed by atoms with van der Waals surface area (Å²) in [6.45, 7) is 3.12. The summed E-state index contributed by atoms with van der Waals surface area (Å²) < 4.78 is 26.4. The summed E-state index contributed by atoms with van der Waals surface area (Å²) in [5.41, 5.74) is -0.490. The number of nitrogens with one attached hydrogen (secondary N) is 1. The molecule has 0 aliphatic rings. The van der Waals surface area contributed by atoms with Gasteiger partial charge in [-0.2, -0.15) is 0 Å². The standard InChI is InChI=1S/C12H17NO6S/c1-7(5-8(2)14)13-20(18,19)9-3-4-11(15)10(6-9)12(16)17/h3-4,6-8,13-15H,5H2,1-2H3,(H,16,17). The molecule has 20 heavy (non-hydrogen) atoms. The Morgan fingerprint density at radius 3 is 2.45 bits per heavy atom. The van der Waals surface area contributed by atoms with Crippen LogP contribution < -0.4 is 4.72 Å². The van der Waals surface area contributed by atoms with Gasteiger partial charge in [-0.25, -0.2) is 17.9 Å². The molecular weight excluding hydrogens is 286 g/mol. The van der Waals surface area contributed by atoms with E-state index in [9.17, 15) is 23.4 Å². The van der Waals surface area contributed by atoms with Crippen molar-refractivity contribution in [1.29, 1.82) is 0 Å². The van der Waals surface area contributed by atoms with E-state index in [2.05, 4.69) is 4.72 Å². The van der Waals surface area contributed by atoms with Crippen LogP contribution in [0.1, 0.15) is 30.6 Å². The number of carboxylic acids is 1. The molecule has 0 heterocycles. The number of aromatic carboxylic acids is 1. The van der Waals surface area contributed by atoms with Crippen molar-refractivity contribution in [3.8, 4) is 5.75 Å². The van der Waals surface area contributed by atoms with E-state index in [1.807, 2.05) is 0 Å². The molecule has 8 heteroatoms. The minimum Gasteiger partial charge on any atom is -0.507 e. The van der Waals surface area contributed by atoms with Gasteiger partial charge in [0.05, 0.1) is 11.0 Å². The zero-order chi connectivity index (χ0) is 15.5. The quantitative estimate of drug-likeness (QED) is 0.607. The normalized spacial score (nSPS) is 14.8.